The van der Waals surface area contributed by atoms with Crippen molar-refractivity contribution < 1.29 is 14.4 Å². The monoisotopic (exact) mass is 330 g/mol. The zero-order valence-corrected chi connectivity index (χ0v) is 16.7. The Bertz CT molecular complexity index is 399. The van der Waals surface area contributed by atoms with Gasteiger partial charge in [-0.3, -0.25) is 0 Å². The van der Waals surface area contributed by atoms with E-state index in [9.17, 15) is 4.79 Å². The van der Waals surface area contributed by atoms with E-state index in [1.165, 1.54) is 0 Å². The third kappa shape index (κ3) is 4.65. The molecule has 122 valence electrons. The quantitative estimate of drug-likeness (QED) is 0.573. The second kappa shape index (κ2) is 6.62. The Morgan fingerprint density at radius 2 is 1.81 bits per heavy atom. The van der Waals surface area contributed by atoms with Gasteiger partial charge in [0.15, 0.2) is 11.9 Å². The van der Waals surface area contributed by atoms with Gasteiger partial charge in [-0.05, 0) is 6.92 Å². The Kier molecular flexibility index (Phi) is 5.79. The fraction of sp³-hybridized carbons (Fsp3) is 0.857. The highest BCUT2D eigenvalue weighted by molar-refractivity contribution is 6.89. The third-order valence-electron chi connectivity index (χ3n) is 3.48. The molecule has 0 aromatic rings. The van der Waals surface area contributed by atoms with Crippen LogP contribution in [0.3, 0.4) is 0 Å². The standard InChI is InChI=1S/C14H30N2O3Si2/c1-9-18-14(17)12-10-11(2)13(19-15-12)16(20(3,4)5)21(6,7)8/h11,13H,9-10H2,1-8H3/t11-,13-/m0/s1. The van der Waals surface area contributed by atoms with Crippen LogP contribution in [0.1, 0.15) is 20.3 Å². The molecule has 1 heterocycles. The molecule has 0 spiro atoms. The van der Waals surface area contributed by atoms with Crippen molar-refractivity contribution in [1.29, 1.82) is 0 Å². The summed E-state index contributed by atoms with van der Waals surface area (Å²) < 4.78 is 7.61. The minimum atomic E-state index is -1.53. The lowest BCUT2D eigenvalue weighted by molar-refractivity contribution is -0.136. The lowest BCUT2D eigenvalue weighted by Gasteiger charge is -2.49. The Morgan fingerprint density at radius 1 is 1.29 bits per heavy atom. The molecule has 0 bridgehead atoms. The molecule has 0 fully saturated rings. The number of hydrogen-bond acceptors (Lipinski definition) is 5. The molecule has 0 aromatic carbocycles. The van der Waals surface area contributed by atoms with Crippen LogP contribution in [-0.2, 0) is 14.4 Å². The molecule has 0 saturated carbocycles. The maximum atomic E-state index is 11.8. The van der Waals surface area contributed by atoms with Crippen molar-refractivity contribution in [2.75, 3.05) is 6.61 Å². The highest BCUT2D eigenvalue weighted by Crippen LogP contribution is 2.31. The molecule has 1 aliphatic rings. The second-order valence-electron chi connectivity index (χ2n) is 7.65. The van der Waals surface area contributed by atoms with Crippen LogP contribution in [0.4, 0.5) is 0 Å². The van der Waals surface area contributed by atoms with Gasteiger partial charge < -0.3 is 13.8 Å². The van der Waals surface area contributed by atoms with Crippen LogP contribution in [0.2, 0.25) is 39.3 Å². The first-order valence-corrected chi connectivity index (χ1v) is 14.6. The molecule has 0 aromatic heterocycles. The summed E-state index contributed by atoms with van der Waals surface area (Å²) in [5.74, 6) is -0.115. The van der Waals surface area contributed by atoms with Gasteiger partial charge in [-0.15, -0.1) is 0 Å². The van der Waals surface area contributed by atoms with E-state index in [1.54, 1.807) is 6.92 Å². The topological polar surface area (TPSA) is 51.1 Å². The predicted octanol–water partition coefficient (Wildman–Crippen LogP) is 3.26. The van der Waals surface area contributed by atoms with Crippen molar-refractivity contribution in [3.63, 3.8) is 0 Å². The summed E-state index contributed by atoms with van der Waals surface area (Å²) >= 11 is 0. The summed E-state index contributed by atoms with van der Waals surface area (Å²) in [5.41, 5.74) is 0.409. The van der Waals surface area contributed by atoms with Crippen molar-refractivity contribution in [3.8, 4) is 0 Å². The molecule has 1 rings (SSSR count). The zero-order chi connectivity index (χ0) is 16.4. The highest BCUT2D eigenvalue weighted by atomic mass is 28.4. The van der Waals surface area contributed by atoms with E-state index in [-0.39, 0.29) is 18.1 Å². The number of oxime groups is 1. The summed E-state index contributed by atoms with van der Waals surface area (Å²) in [7, 11) is -3.06. The Hall–Kier alpha value is -0.666. The maximum Gasteiger partial charge on any atom is 0.356 e. The first-order valence-electron chi connectivity index (χ1n) is 7.67. The minimum absolute atomic E-state index is 0.0264. The van der Waals surface area contributed by atoms with Crippen molar-refractivity contribution in [1.82, 2.24) is 4.23 Å². The first-order chi connectivity index (χ1) is 9.48. The van der Waals surface area contributed by atoms with Crippen LogP contribution >= 0.6 is 0 Å². The van der Waals surface area contributed by atoms with Crippen molar-refractivity contribution in [2.24, 2.45) is 11.1 Å². The van der Waals surface area contributed by atoms with Crippen LogP contribution in [0.5, 0.6) is 0 Å². The van der Waals surface area contributed by atoms with Gasteiger partial charge >= 0.3 is 5.97 Å². The number of carbonyl (C=O) groups excluding carboxylic acids is 1. The molecule has 0 unspecified atom stereocenters. The summed E-state index contributed by atoms with van der Waals surface area (Å²) in [6.07, 6.45) is 0.594. The number of nitrogens with zero attached hydrogens (tertiary/aromatic N) is 2. The normalized spacial score (nSPS) is 23.6. The Labute approximate surface area is 130 Å². The van der Waals surface area contributed by atoms with E-state index < -0.39 is 16.5 Å². The molecular weight excluding hydrogens is 300 g/mol. The number of ether oxygens (including phenoxy) is 1. The average Bonchev–Trinajstić information content (AvgIpc) is 2.28. The Balaban J connectivity index is 2.98. The van der Waals surface area contributed by atoms with Gasteiger partial charge in [0.05, 0.1) is 6.61 Å². The third-order valence-corrected chi connectivity index (χ3v) is 10.9. The number of carbonyl (C=O) groups is 1. The summed E-state index contributed by atoms with van der Waals surface area (Å²) in [5, 5.41) is 4.07. The van der Waals surface area contributed by atoms with Gasteiger partial charge in [0.25, 0.3) is 0 Å². The van der Waals surface area contributed by atoms with Gasteiger partial charge in [0.1, 0.15) is 16.5 Å². The van der Waals surface area contributed by atoms with E-state index in [0.29, 0.717) is 18.7 Å². The number of esters is 1. The molecule has 0 radical (unpaired) electrons. The van der Waals surface area contributed by atoms with Crippen LogP contribution in [0.25, 0.3) is 0 Å². The highest BCUT2D eigenvalue weighted by Gasteiger charge is 2.44. The molecule has 2 atom stereocenters. The first kappa shape index (κ1) is 18.4. The van der Waals surface area contributed by atoms with Crippen molar-refractivity contribution in [3.05, 3.63) is 0 Å². The largest absolute Gasteiger partial charge is 0.461 e. The van der Waals surface area contributed by atoms with E-state index in [0.717, 1.165) is 0 Å². The van der Waals surface area contributed by atoms with E-state index >= 15 is 0 Å². The molecule has 0 N–H and O–H groups in total. The van der Waals surface area contributed by atoms with Crippen LogP contribution in [-0.4, -0.2) is 45.2 Å². The molecule has 0 aliphatic carbocycles. The minimum Gasteiger partial charge on any atom is -0.461 e. The van der Waals surface area contributed by atoms with E-state index in [1.807, 2.05) is 0 Å². The predicted molar refractivity (Wildman–Crippen MR) is 91.3 cm³/mol. The van der Waals surface area contributed by atoms with Crippen LogP contribution in [0.15, 0.2) is 5.16 Å². The van der Waals surface area contributed by atoms with Gasteiger partial charge in [0.2, 0.25) is 0 Å². The van der Waals surface area contributed by atoms with Crippen molar-refractivity contribution in [2.45, 2.75) is 65.8 Å². The number of hydrogen-bond donors (Lipinski definition) is 0. The van der Waals surface area contributed by atoms with Gasteiger partial charge in [-0.2, -0.15) is 0 Å². The molecule has 5 nitrogen and oxygen atoms in total. The van der Waals surface area contributed by atoms with Crippen molar-refractivity contribution >= 4 is 28.2 Å². The van der Waals surface area contributed by atoms with E-state index in [2.05, 4.69) is 55.6 Å². The molecule has 21 heavy (non-hydrogen) atoms. The van der Waals surface area contributed by atoms with Gasteiger partial charge in [0, 0.05) is 12.3 Å². The zero-order valence-electron chi connectivity index (χ0n) is 14.7. The fourth-order valence-electron chi connectivity index (χ4n) is 3.07. The summed E-state index contributed by atoms with van der Waals surface area (Å²) in [6.45, 7) is 18.3. The van der Waals surface area contributed by atoms with Crippen LogP contribution in [0, 0.1) is 5.92 Å². The smallest absolute Gasteiger partial charge is 0.356 e. The number of rotatable bonds is 5. The molecule has 1 aliphatic heterocycles. The second-order valence-corrected chi connectivity index (χ2v) is 17.7. The van der Waals surface area contributed by atoms with Gasteiger partial charge in [-0.1, -0.05) is 51.4 Å². The van der Waals surface area contributed by atoms with Gasteiger partial charge in [-0.25, -0.2) is 4.79 Å². The van der Waals surface area contributed by atoms with Crippen LogP contribution < -0.4 is 0 Å². The molecule has 0 amide bonds. The maximum absolute atomic E-state index is 11.8. The SMILES string of the molecule is CCOC(=O)C1=NO[C@H](N([Si](C)(C)C)[Si](C)(C)C)[C@@H](C)C1. The summed E-state index contributed by atoms with van der Waals surface area (Å²) in [6, 6.07) is 0. The molecular formula is C14H30N2O3Si2. The molecule has 7 heteroatoms. The fourth-order valence-corrected chi connectivity index (χ4v) is 13.3. The van der Waals surface area contributed by atoms with E-state index in [4.69, 9.17) is 9.57 Å². The Morgan fingerprint density at radius 3 is 2.19 bits per heavy atom. The lowest BCUT2D eigenvalue weighted by Crippen LogP contribution is -2.65. The average molecular weight is 331 g/mol. The molecule has 0 saturated heterocycles. The lowest BCUT2D eigenvalue weighted by atomic mass is 10.0. The summed E-state index contributed by atoms with van der Waals surface area (Å²) in [4.78, 5) is 17.6.